The summed E-state index contributed by atoms with van der Waals surface area (Å²) in [6.45, 7) is 5.87. The van der Waals surface area contributed by atoms with Gasteiger partial charge in [-0.2, -0.15) is 0 Å². The first-order valence-electron chi connectivity index (χ1n) is 22.9. The van der Waals surface area contributed by atoms with Gasteiger partial charge in [0.15, 0.2) is 29.3 Å². The maximum atomic E-state index is 14.4. The minimum absolute atomic E-state index is 0.0170. The molecule has 1 aliphatic heterocycles. The molecule has 0 radical (unpaired) electrons. The number of nitrogens with zero attached hydrogens (tertiary/aromatic N) is 2. The van der Waals surface area contributed by atoms with E-state index in [0.29, 0.717) is 18.4 Å². The van der Waals surface area contributed by atoms with Crippen molar-refractivity contribution in [2.45, 2.75) is 114 Å². The zero-order chi connectivity index (χ0) is 51.1. The molecule has 1 heterocycles. The van der Waals surface area contributed by atoms with E-state index in [2.05, 4.69) is 31.3 Å². The molecular weight excluding hydrogens is 927 g/mol. The molecule has 0 spiro atoms. The largest absolute Gasteiger partial charge is 0.508 e. The molecule has 15 N–H and O–H groups in total. The number of hydrogen-bond donors (Lipinski definition) is 10. The number of benzene rings is 2. The zero-order valence-corrected chi connectivity index (χ0v) is 41.2. The topological polar surface area (TPSA) is 360 Å². The Bertz CT molecular complexity index is 2130. The van der Waals surface area contributed by atoms with Gasteiger partial charge < -0.3 is 55.0 Å². The van der Waals surface area contributed by atoms with Gasteiger partial charge in [0.1, 0.15) is 5.75 Å². The second-order valence-corrected chi connectivity index (χ2v) is 20.9. The highest BCUT2D eigenvalue weighted by Crippen LogP contribution is 2.36. The van der Waals surface area contributed by atoms with Gasteiger partial charge in [-0.1, -0.05) is 71.0 Å². The van der Waals surface area contributed by atoms with E-state index in [1.54, 1.807) is 49.4 Å². The van der Waals surface area contributed by atoms with Crippen molar-refractivity contribution in [2.75, 3.05) is 25.4 Å². The lowest BCUT2D eigenvalue weighted by Gasteiger charge is -2.27. The van der Waals surface area contributed by atoms with Crippen molar-refractivity contribution in [2.24, 2.45) is 56.4 Å². The highest BCUT2D eigenvalue weighted by atomic mass is 33.1. The fourth-order valence-corrected chi connectivity index (χ4v) is 9.97. The molecule has 1 aliphatic rings. The molecule has 1 fully saturated rings. The van der Waals surface area contributed by atoms with Crippen LogP contribution in [0.25, 0.3) is 0 Å². The zero-order valence-electron chi connectivity index (χ0n) is 39.6. The number of nitrogens with two attached hydrogens (primary N) is 5. The van der Waals surface area contributed by atoms with E-state index >= 15 is 0 Å². The summed E-state index contributed by atoms with van der Waals surface area (Å²) in [6.07, 6.45) is -0.736. The van der Waals surface area contributed by atoms with Crippen LogP contribution in [0.3, 0.4) is 0 Å². The highest BCUT2D eigenvalue weighted by Gasteiger charge is 2.34. The normalized spacial score (nSPS) is 19.7. The number of aliphatic imine (C=N–C) groups is 2. The third-order valence-electron chi connectivity index (χ3n) is 11.2. The third-order valence-corrected chi connectivity index (χ3v) is 14.5. The smallest absolute Gasteiger partial charge is 0.224 e. The second kappa shape index (κ2) is 29.0. The minimum Gasteiger partial charge on any atom is -0.508 e. The van der Waals surface area contributed by atoms with Crippen LogP contribution in [0.2, 0.25) is 0 Å². The molecule has 0 saturated carbocycles. The number of rotatable bonds is 20. The van der Waals surface area contributed by atoms with Crippen molar-refractivity contribution in [1.82, 2.24) is 21.3 Å². The van der Waals surface area contributed by atoms with E-state index in [1.807, 2.05) is 13.8 Å². The Morgan fingerprint density at radius 3 is 2.09 bits per heavy atom. The molecule has 0 bridgehead atoms. The number of phenols is 1. The van der Waals surface area contributed by atoms with Crippen LogP contribution in [0.4, 0.5) is 0 Å². The highest BCUT2D eigenvalue weighted by molar-refractivity contribution is 8.77. The molecule has 1 saturated heterocycles. The van der Waals surface area contributed by atoms with Crippen molar-refractivity contribution in [3.8, 4) is 5.75 Å². The monoisotopic (exact) mass is 995 g/mol. The van der Waals surface area contributed by atoms with Gasteiger partial charge in [0.2, 0.25) is 29.5 Å². The molecule has 0 aliphatic carbocycles. The standard InChI is InChI=1S/C47H69N11O9S2/c1-28(21-30-13-15-33(59)16-14-30)43(66)58-36-26-68-69-47(2,3)27-55-41(64)25-32(24-39(62)35(22-29-9-5-4-6-10-29)56-40(63)18-17-37(36)60)44(67)57-34(12-8-20-54-46(51)52)38(61)23-31(42(48)65)11-7-19-53-45(49)50/h4-6,9-10,13-16,28,31-32,34-36,59H,7-8,11-12,17-27H2,1-3H3,(H2,48,65)(H,55,64)(H,56,63)(H,57,67)(H,58,66)(H4,49,50,53)(H4,51,52,54). The van der Waals surface area contributed by atoms with Crippen LogP contribution < -0.4 is 49.9 Å². The fraction of sp³-hybridized carbons (Fsp3) is 0.532. The van der Waals surface area contributed by atoms with Crippen LogP contribution in [0.1, 0.15) is 89.7 Å². The number of nitrogens with one attached hydrogen (secondary N) is 4. The van der Waals surface area contributed by atoms with Gasteiger partial charge in [0.25, 0.3) is 0 Å². The quantitative estimate of drug-likeness (QED) is 0.0384. The number of hydrogen-bond acceptors (Lipinski definition) is 13. The van der Waals surface area contributed by atoms with Crippen LogP contribution >= 0.6 is 21.6 Å². The number of amides is 5. The lowest BCUT2D eigenvalue weighted by Crippen LogP contribution is -2.48. The van der Waals surface area contributed by atoms with Gasteiger partial charge >= 0.3 is 0 Å². The van der Waals surface area contributed by atoms with Gasteiger partial charge in [0, 0.05) is 74.1 Å². The second-order valence-electron chi connectivity index (χ2n) is 17.8. The summed E-state index contributed by atoms with van der Waals surface area (Å²) in [5, 5.41) is 20.9. The molecule has 3 rings (SSSR count). The number of phenolic OH excluding ortho intramolecular Hbond substituents is 1. The number of Topliss-reactive ketones (excluding diaryl/α,β-unsaturated/α-hetero) is 3. The molecule has 2 aromatic carbocycles. The third kappa shape index (κ3) is 22.2. The molecule has 22 heteroatoms. The Labute approximate surface area is 411 Å². The molecule has 0 aromatic heterocycles. The summed E-state index contributed by atoms with van der Waals surface area (Å²) >= 11 is 0. The van der Waals surface area contributed by atoms with Crippen LogP contribution in [0.15, 0.2) is 64.6 Å². The van der Waals surface area contributed by atoms with E-state index in [4.69, 9.17) is 28.7 Å². The Kier molecular flexibility index (Phi) is 24.0. The van der Waals surface area contributed by atoms with E-state index in [1.165, 1.54) is 33.7 Å². The van der Waals surface area contributed by atoms with Crippen LogP contribution in [-0.4, -0.2) is 112 Å². The molecule has 6 atom stereocenters. The SMILES string of the molecule is CC(Cc1ccc(O)cc1)C(=O)NC1CSSC(C)(C)CNC(=O)CC(C(=O)NC(CCCN=C(N)N)C(=O)CC(CCCN=C(N)N)C(N)=O)CC(=O)C(Cc2ccccc2)NC(=O)CCC1=O. The molecule has 378 valence electrons. The molecule has 6 unspecified atom stereocenters. The molecule has 2 aromatic rings. The molecule has 5 amide bonds. The number of ketones is 3. The predicted molar refractivity (Wildman–Crippen MR) is 268 cm³/mol. The van der Waals surface area contributed by atoms with Gasteiger partial charge in [-0.25, -0.2) is 0 Å². The van der Waals surface area contributed by atoms with E-state index in [9.17, 15) is 43.5 Å². The summed E-state index contributed by atoms with van der Waals surface area (Å²) in [5.74, 6) is -7.45. The van der Waals surface area contributed by atoms with Crippen molar-refractivity contribution in [3.05, 3.63) is 65.7 Å². The number of guanidine groups is 2. The molecule has 69 heavy (non-hydrogen) atoms. The lowest BCUT2D eigenvalue weighted by molar-refractivity contribution is -0.136. The Morgan fingerprint density at radius 1 is 0.826 bits per heavy atom. The molecular formula is C47H69N11O9S2. The van der Waals surface area contributed by atoms with Crippen LogP contribution in [-0.2, 0) is 51.2 Å². The number of primary amides is 1. The Morgan fingerprint density at radius 2 is 1.46 bits per heavy atom. The van der Waals surface area contributed by atoms with E-state index < -0.39 is 94.4 Å². The average Bonchev–Trinajstić information content (AvgIpc) is 3.29. The maximum absolute atomic E-state index is 14.4. The van der Waals surface area contributed by atoms with Gasteiger partial charge in [-0.15, -0.1) is 0 Å². The van der Waals surface area contributed by atoms with Crippen molar-refractivity contribution >= 4 is 80.4 Å². The summed E-state index contributed by atoms with van der Waals surface area (Å²) in [5.41, 5.74) is 29.0. The fourth-order valence-electron chi connectivity index (χ4n) is 7.30. The van der Waals surface area contributed by atoms with Crippen LogP contribution in [0, 0.1) is 17.8 Å². The van der Waals surface area contributed by atoms with E-state index in [-0.39, 0.29) is 93.9 Å². The molecule has 20 nitrogen and oxygen atoms in total. The maximum Gasteiger partial charge on any atom is 0.224 e. The number of carbonyl (C=O) groups excluding carboxylic acids is 8. The van der Waals surface area contributed by atoms with Crippen molar-refractivity contribution in [1.29, 1.82) is 0 Å². The van der Waals surface area contributed by atoms with E-state index in [0.717, 1.165) is 5.56 Å². The number of carbonyl (C=O) groups is 8. The average molecular weight is 996 g/mol. The van der Waals surface area contributed by atoms with Gasteiger partial charge in [0.05, 0.1) is 24.0 Å². The lowest BCUT2D eigenvalue weighted by atomic mass is 9.89. The first-order chi connectivity index (χ1) is 32.6. The Hall–Kier alpha value is -6.16. The van der Waals surface area contributed by atoms with Gasteiger partial charge in [-0.05, 0) is 75.6 Å². The van der Waals surface area contributed by atoms with Gasteiger partial charge in [-0.3, -0.25) is 48.3 Å². The first kappa shape index (κ1) is 57.2. The number of aromatic hydroxyl groups is 1. The summed E-state index contributed by atoms with van der Waals surface area (Å²) in [6, 6.07) is 12.0. The predicted octanol–water partition coefficient (Wildman–Crippen LogP) is 1.04. The first-order valence-corrected chi connectivity index (χ1v) is 25.2. The Balaban J connectivity index is 1.91. The summed E-state index contributed by atoms with van der Waals surface area (Å²) in [7, 11) is 2.67. The van der Waals surface area contributed by atoms with Crippen molar-refractivity contribution in [3.63, 3.8) is 0 Å². The van der Waals surface area contributed by atoms with Crippen LogP contribution in [0.5, 0.6) is 5.75 Å². The summed E-state index contributed by atoms with van der Waals surface area (Å²) in [4.78, 5) is 118. The van der Waals surface area contributed by atoms with Crippen molar-refractivity contribution < 1.29 is 43.5 Å². The summed E-state index contributed by atoms with van der Waals surface area (Å²) < 4.78 is -0.642. The minimum atomic E-state index is -1.32.